The van der Waals surface area contributed by atoms with Crippen molar-refractivity contribution in [3.05, 3.63) is 104 Å². The van der Waals surface area contributed by atoms with E-state index >= 15 is 0 Å². The van der Waals surface area contributed by atoms with Gasteiger partial charge in [-0.3, -0.25) is 19.4 Å². The molecule has 2 aliphatic rings. The van der Waals surface area contributed by atoms with E-state index in [4.69, 9.17) is 12.2 Å². The lowest BCUT2D eigenvalue weighted by Gasteiger charge is -2.36. The molecule has 0 atom stereocenters. The normalized spacial score (nSPS) is 16.3. The van der Waals surface area contributed by atoms with Crippen LogP contribution in [0, 0.1) is 39.0 Å². The Kier molecular flexibility index (Phi) is 7.17. The van der Waals surface area contributed by atoms with Gasteiger partial charge in [0.25, 0.3) is 11.8 Å². The van der Waals surface area contributed by atoms with E-state index < -0.39 is 11.8 Å². The molecule has 42 heavy (non-hydrogen) atoms. The minimum absolute atomic E-state index is 0.0249. The molecule has 2 aromatic carbocycles. The number of rotatable bonds is 4. The molecule has 2 amide bonds. The smallest absolute Gasteiger partial charge is 0.270 e. The van der Waals surface area contributed by atoms with E-state index in [1.807, 2.05) is 82.3 Å². The zero-order valence-electron chi connectivity index (χ0n) is 24.0. The van der Waals surface area contributed by atoms with Gasteiger partial charge in [0.1, 0.15) is 16.6 Å². The second kappa shape index (κ2) is 10.8. The number of anilines is 2. The third-order valence-electron chi connectivity index (χ3n) is 8.25. The molecular formula is C34H30N4O2S2. The van der Waals surface area contributed by atoms with Crippen molar-refractivity contribution in [1.82, 2.24) is 4.57 Å². The van der Waals surface area contributed by atoms with Crippen LogP contribution in [0.15, 0.2) is 60.2 Å². The van der Waals surface area contributed by atoms with Crippen molar-refractivity contribution in [2.45, 2.75) is 53.4 Å². The lowest BCUT2D eigenvalue weighted by Crippen LogP contribution is -2.57. The highest BCUT2D eigenvalue weighted by atomic mass is 32.1. The van der Waals surface area contributed by atoms with Crippen LogP contribution >= 0.6 is 23.6 Å². The van der Waals surface area contributed by atoms with Crippen molar-refractivity contribution in [3.63, 3.8) is 0 Å². The highest BCUT2D eigenvalue weighted by Gasteiger charge is 2.41. The number of para-hydroxylation sites is 1. The number of amides is 2. The summed E-state index contributed by atoms with van der Waals surface area (Å²) in [6, 6.07) is 19.3. The molecule has 8 heteroatoms. The third kappa shape index (κ3) is 4.50. The van der Waals surface area contributed by atoms with Gasteiger partial charge in [-0.15, -0.1) is 11.3 Å². The fraction of sp³-hybridized carbons (Fsp3) is 0.235. The minimum atomic E-state index is -0.467. The number of thiophene rings is 1. The molecule has 6 nitrogen and oxygen atoms in total. The number of thiocarbonyl (C=S) groups is 1. The molecule has 6 rings (SSSR count). The molecule has 0 saturated carbocycles. The molecule has 2 aromatic heterocycles. The molecule has 0 spiro atoms. The van der Waals surface area contributed by atoms with Gasteiger partial charge in [-0.25, -0.2) is 0 Å². The molecule has 1 aliphatic heterocycles. The number of carbonyl (C=O) groups excluding carboxylic acids is 2. The van der Waals surface area contributed by atoms with Crippen LogP contribution in [0.25, 0.3) is 11.1 Å². The molecule has 0 bridgehead atoms. The number of nitrogens with zero attached hydrogens (tertiary/aromatic N) is 4. The Morgan fingerprint density at radius 2 is 1.57 bits per heavy atom. The van der Waals surface area contributed by atoms with Crippen molar-refractivity contribution in [3.8, 4) is 11.1 Å². The lowest BCUT2D eigenvalue weighted by atomic mass is 9.96. The van der Waals surface area contributed by atoms with Gasteiger partial charge in [0.15, 0.2) is 5.11 Å². The molecule has 0 N–H and O–H groups in total. The Morgan fingerprint density at radius 3 is 2.26 bits per heavy atom. The monoisotopic (exact) mass is 590 g/mol. The summed E-state index contributed by atoms with van der Waals surface area (Å²) >= 11 is 7.47. The summed E-state index contributed by atoms with van der Waals surface area (Å²) in [5, 5.41) is 11.1. The Labute approximate surface area is 255 Å². The van der Waals surface area contributed by atoms with E-state index in [2.05, 4.69) is 10.6 Å². The zero-order chi connectivity index (χ0) is 29.7. The van der Waals surface area contributed by atoms with Crippen LogP contribution in [0.1, 0.15) is 56.9 Å². The lowest BCUT2D eigenvalue weighted by molar-refractivity contribution is -0.120. The number of benzene rings is 2. The van der Waals surface area contributed by atoms with Crippen molar-refractivity contribution < 1.29 is 9.59 Å². The van der Waals surface area contributed by atoms with Gasteiger partial charge in [-0.1, -0.05) is 24.3 Å². The summed E-state index contributed by atoms with van der Waals surface area (Å²) in [4.78, 5) is 32.3. The maximum atomic E-state index is 14.1. The fourth-order valence-electron chi connectivity index (χ4n) is 5.85. The van der Waals surface area contributed by atoms with E-state index in [1.165, 1.54) is 20.2 Å². The van der Waals surface area contributed by atoms with E-state index in [1.54, 1.807) is 17.4 Å². The first-order chi connectivity index (χ1) is 20.2. The van der Waals surface area contributed by atoms with Crippen LogP contribution in [0.3, 0.4) is 0 Å². The number of hydrogen-bond donors (Lipinski definition) is 0. The van der Waals surface area contributed by atoms with Crippen LogP contribution in [-0.2, 0) is 22.4 Å². The van der Waals surface area contributed by atoms with Gasteiger partial charge in [0, 0.05) is 16.3 Å². The SMILES string of the molecule is Cc1ccc(N2C(=O)/C(=C/c3cc(C)n(-c4sc5c(c4C#N)CCCC5)c3C)C(=O)N(c3ccccc3)C2=S)cc1C. The first-order valence-electron chi connectivity index (χ1n) is 14.0. The predicted molar refractivity (Wildman–Crippen MR) is 172 cm³/mol. The first kappa shape index (κ1) is 27.8. The van der Waals surface area contributed by atoms with Gasteiger partial charge in [0.05, 0.1) is 16.9 Å². The van der Waals surface area contributed by atoms with E-state index in [9.17, 15) is 14.9 Å². The third-order valence-corrected chi connectivity index (χ3v) is 9.89. The fourth-order valence-corrected chi connectivity index (χ4v) is 7.68. The molecule has 0 unspecified atom stereocenters. The molecule has 1 aliphatic carbocycles. The Bertz CT molecular complexity index is 1860. The highest BCUT2D eigenvalue weighted by Crippen LogP contribution is 2.39. The van der Waals surface area contributed by atoms with Crippen LogP contribution in [0.5, 0.6) is 0 Å². The quantitative estimate of drug-likeness (QED) is 0.142. The number of hydrogen-bond acceptors (Lipinski definition) is 5. The summed E-state index contributed by atoms with van der Waals surface area (Å²) in [6.45, 7) is 7.96. The molecule has 1 saturated heterocycles. The molecule has 210 valence electrons. The van der Waals surface area contributed by atoms with E-state index in [0.29, 0.717) is 11.4 Å². The van der Waals surface area contributed by atoms with Crippen LogP contribution in [-0.4, -0.2) is 21.5 Å². The number of fused-ring (bicyclic) bond motifs is 1. The maximum absolute atomic E-state index is 14.1. The summed E-state index contributed by atoms with van der Waals surface area (Å²) < 4.78 is 2.09. The number of aromatic nitrogens is 1. The van der Waals surface area contributed by atoms with Crippen molar-refractivity contribution in [2.75, 3.05) is 9.80 Å². The van der Waals surface area contributed by atoms with Gasteiger partial charge in [-0.2, -0.15) is 5.26 Å². The maximum Gasteiger partial charge on any atom is 0.270 e. The van der Waals surface area contributed by atoms with Crippen molar-refractivity contribution >= 4 is 57.9 Å². The molecule has 3 heterocycles. The van der Waals surface area contributed by atoms with Gasteiger partial charge in [-0.05, 0) is 124 Å². The van der Waals surface area contributed by atoms with Crippen LogP contribution in [0.4, 0.5) is 11.4 Å². The van der Waals surface area contributed by atoms with Gasteiger partial charge in [0.2, 0.25) is 0 Å². The summed E-state index contributed by atoms with van der Waals surface area (Å²) in [7, 11) is 0. The Morgan fingerprint density at radius 1 is 0.881 bits per heavy atom. The van der Waals surface area contributed by atoms with E-state index in [0.717, 1.165) is 64.3 Å². The average molecular weight is 591 g/mol. The Hall–Kier alpha value is -4.32. The second-order valence-electron chi connectivity index (χ2n) is 10.9. The topological polar surface area (TPSA) is 69.3 Å². The number of carbonyl (C=O) groups is 2. The molecular weight excluding hydrogens is 561 g/mol. The minimum Gasteiger partial charge on any atom is -0.308 e. The van der Waals surface area contributed by atoms with E-state index in [-0.39, 0.29) is 10.7 Å². The van der Waals surface area contributed by atoms with Crippen molar-refractivity contribution in [2.24, 2.45) is 0 Å². The highest BCUT2D eigenvalue weighted by molar-refractivity contribution is 7.81. The number of aryl methyl sites for hydroxylation is 4. The first-order valence-corrected chi connectivity index (χ1v) is 15.2. The van der Waals surface area contributed by atoms with Crippen molar-refractivity contribution in [1.29, 1.82) is 5.26 Å². The predicted octanol–water partition coefficient (Wildman–Crippen LogP) is 7.27. The number of nitriles is 1. The molecule has 1 fully saturated rings. The van der Waals surface area contributed by atoms with Crippen LogP contribution < -0.4 is 9.80 Å². The average Bonchev–Trinajstić information content (AvgIpc) is 3.48. The van der Waals surface area contributed by atoms with Gasteiger partial charge < -0.3 is 4.57 Å². The molecule has 4 aromatic rings. The molecule has 0 radical (unpaired) electrons. The zero-order valence-corrected chi connectivity index (χ0v) is 25.7. The summed E-state index contributed by atoms with van der Waals surface area (Å²) in [5.41, 5.74) is 7.81. The van der Waals surface area contributed by atoms with Gasteiger partial charge >= 0.3 is 0 Å². The summed E-state index contributed by atoms with van der Waals surface area (Å²) in [6.07, 6.45) is 5.84. The summed E-state index contributed by atoms with van der Waals surface area (Å²) in [5.74, 6) is -0.931. The second-order valence-corrected chi connectivity index (χ2v) is 12.3. The van der Waals surface area contributed by atoms with Crippen LogP contribution in [0.2, 0.25) is 0 Å². The largest absolute Gasteiger partial charge is 0.308 e. The Balaban J connectivity index is 1.50. The standard InChI is InChI=1S/C34H30N4O2S2/c1-20-14-15-26(16-21(20)2)38-32(40)28(31(39)37(34(38)41)25-10-6-5-7-11-25)18-24-17-22(3)36(23(24)4)33-29(19-35)27-12-8-9-13-30(27)42-33/h5-7,10-11,14-18H,8-9,12-13H2,1-4H3/b28-18+.